The summed E-state index contributed by atoms with van der Waals surface area (Å²) in [6.45, 7) is 1.78. The first-order chi connectivity index (χ1) is 17.1. The van der Waals surface area contributed by atoms with Crippen molar-refractivity contribution in [1.29, 1.82) is 0 Å². The van der Waals surface area contributed by atoms with Crippen LogP contribution in [0.25, 0.3) is 0 Å². The van der Waals surface area contributed by atoms with E-state index in [0.717, 1.165) is 28.0 Å². The molecular weight excluding hydrogens is 495 g/mol. The van der Waals surface area contributed by atoms with Gasteiger partial charge < -0.3 is 20.9 Å². The predicted octanol–water partition coefficient (Wildman–Crippen LogP) is 3.83. The van der Waals surface area contributed by atoms with Crippen molar-refractivity contribution in [2.75, 3.05) is 7.05 Å². The summed E-state index contributed by atoms with van der Waals surface area (Å²) in [5.74, 6) is -0.976. The molecule has 0 spiro atoms. The summed E-state index contributed by atoms with van der Waals surface area (Å²) in [5.41, 5.74) is 7.05. The van der Waals surface area contributed by atoms with E-state index in [1.165, 1.54) is 18.2 Å². The number of hydrogen-bond acceptors (Lipinski definition) is 7. The van der Waals surface area contributed by atoms with Gasteiger partial charge in [0.1, 0.15) is 11.6 Å². The van der Waals surface area contributed by atoms with Crippen molar-refractivity contribution in [3.8, 4) is 5.75 Å². The smallest absolute Gasteiger partial charge is 0.409 e. The van der Waals surface area contributed by atoms with Crippen LogP contribution in [0.5, 0.6) is 5.75 Å². The summed E-state index contributed by atoms with van der Waals surface area (Å²) in [7, 11) is 1.62. The first kappa shape index (κ1) is 28.9. The average Bonchev–Trinajstić information content (AvgIpc) is 2.83. The van der Waals surface area contributed by atoms with Gasteiger partial charge in [-0.3, -0.25) is 14.7 Å². The third kappa shape index (κ3) is 7.31. The minimum atomic E-state index is -4.48. The number of nitrogens with one attached hydrogen (secondary N) is 1. The molecule has 0 aliphatic heterocycles. The van der Waals surface area contributed by atoms with E-state index in [4.69, 9.17) is 15.0 Å². The highest BCUT2D eigenvalue weighted by atomic mass is 32.2. The molecule has 6 N–H and O–H groups in total. The molecule has 0 aliphatic carbocycles. The molecule has 0 saturated carbocycles. The summed E-state index contributed by atoms with van der Waals surface area (Å²) < 4.78 is 45.0. The summed E-state index contributed by atoms with van der Waals surface area (Å²) in [5, 5.41) is 17.7. The molecule has 0 bridgehead atoms. The molecule has 1 atom stereocenters. The maximum atomic E-state index is 14.1. The molecule has 36 heavy (non-hydrogen) atoms. The molecule has 3 aromatic rings. The highest BCUT2D eigenvalue weighted by molar-refractivity contribution is 7.97. The van der Waals surface area contributed by atoms with E-state index in [2.05, 4.69) is 15.8 Å². The molecular formula is C25H26F3N3O4S. The number of hydrogen-bond donors (Lipinski definition) is 4. The number of halogens is 3. The minimum Gasteiger partial charge on any atom is -0.409 e. The lowest BCUT2D eigenvalue weighted by Gasteiger charge is -2.26. The van der Waals surface area contributed by atoms with Crippen LogP contribution >= 0.6 is 11.9 Å². The highest BCUT2D eigenvalue weighted by Crippen LogP contribution is 2.37. The van der Waals surface area contributed by atoms with E-state index in [1.54, 1.807) is 26.1 Å². The van der Waals surface area contributed by atoms with Gasteiger partial charge in [0.25, 0.3) is 0 Å². The zero-order chi connectivity index (χ0) is 26.9. The second kappa shape index (κ2) is 13.1. The van der Waals surface area contributed by atoms with Gasteiger partial charge in [-0.15, -0.1) is 8.78 Å². The Kier molecular flexibility index (Phi) is 10.5. The molecule has 0 aliphatic rings. The molecule has 11 heteroatoms. The molecule has 3 rings (SSSR count). The van der Waals surface area contributed by atoms with Gasteiger partial charge in [-0.1, -0.05) is 30.3 Å². The first-order valence-electron chi connectivity index (χ1n) is 10.5. The number of alkyl halides is 2. The van der Waals surface area contributed by atoms with Gasteiger partial charge in [0, 0.05) is 4.90 Å². The van der Waals surface area contributed by atoms with Crippen LogP contribution in [0.2, 0.25) is 0 Å². The third-order valence-corrected chi connectivity index (χ3v) is 5.95. The Labute approximate surface area is 210 Å². The normalized spacial score (nSPS) is 11.8. The summed E-state index contributed by atoms with van der Waals surface area (Å²) in [6, 6.07) is 13.6. The van der Waals surface area contributed by atoms with Crippen LogP contribution in [0, 0.1) is 12.7 Å². The molecule has 0 heterocycles. The van der Waals surface area contributed by atoms with E-state index in [-0.39, 0.29) is 12.0 Å². The second-order valence-corrected chi connectivity index (χ2v) is 8.19. The van der Waals surface area contributed by atoms with Crippen LogP contribution in [0.4, 0.5) is 13.2 Å². The zero-order valence-electron chi connectivity index (χ0n) is 19.5. The molecule has 0 radical (unpaired) electrons. The first-order valence-corrected chi connectivity index (χ1v) is 11.4. The molecule has 1 amide bonds. The Morgan fingerprint density at radius 2 is 1.81 bits per heavy atom. The average molecular weight is 522 g/mol. The second-order valence-electron chi connectivity index (χ2n) is 7.52. The monoisotopic (exact) mass is 521 g/mol. The minimum absolute atomic E-state index is 0.179. The van der Waals surface area contributed by atoms with Gasteiger partial charge in [-0.05, 0) is 84.4 Å². The molecule has 192 valence electrons. The number of rotatable bonds is 9. The van der Waals surface area contributed by atoms with Crippen molar-refractivity contribution in [1.82, 2.24) is 5.32 Å². The lowest BCUT2D eigenvalue weighted by atomic mass is 9.86. The maximum absolute atomic E-state index is 14.1. The van der Waals surface area contributed by atoms with Crippen LogP contribution in [-0.2, 0) is 11.2 Å². The summed E-state index contributed by atoms with van der Waals surface area (Å²) >= 11 is 1.06. The lowest BCUT2D eigenvalue weighted by molar-refractivity contribution is -0.327. The largest absolute Gasteiger partial charge is 0.532 e. The molecule has 0 saturated heterocycles. The number of carbonyl (C=O) groups excluding carboxylic acids is 2. The quantitative estimate of drug-likeness (QED) is 0.191. The van der Waals surface area contributed by atoms with Crippen LogP contribution in [0.15, 0.2) is 59.5 Å². The molecule has 3 aromatic carbocycles. The number of benzene rings is 3. The van der Waals surface area contributed by atoms with Crippen molar-refractivity contribution < 1.29 is 32.6 Å². The van der Waals surface area contributed by atoms with E-state index in [1.807, 2.05) is 24.3 Å². The Morgan fingerprint density at radius 1 is 1.14 bits per heavy atom. The topological polar surface area (TPSA) is 128 Å². The number of aryl methyl sites for hydroxylation is 1. The van der Waals surface area contributed by atoms with E-state index >= 15 is 0 Å². The fraction of sp³-hybridized carbons (Fsp3) is 0.200. The molecule has 1 unspecified atom stereocenters. The number of aliphatic hydroxyl groups is 1. The summed E-state index contributed by atoms with van der Waals surface area (Å²) in [6.07, 6.45) is -3.52. The van der Waals surface area contributed by atoms with Crippen LogP contribution in [0.1, 0.15) is 44.2 Å². The number of nitrogens with two attached hydrogens (primary N) is 2. The van der Waals surface area contributed by atoms with Gasteiger partial charge in [-0.2, -0.15) is 0 Å². The highest BCUT2D eigenvalue weighted by Gasteiger charge is 2.31. The summed E-state index contributed by atoms with van der Waals surface area (Å²) in [4.78, 5) is 21.5. The fourth-order valence-corrected chi connectivity index (χ4v) is 4.30. The van der Waals surface area contributed by atoms with Crippen molar-refractivity contribution in [3.63, 3.8) is 0 Å². The Bertz CT molecular complexity index is 1210. The van der Waals surface area contributed by atoms with Crippen LogP contribution in [-0.4, -0.2) is 31.1 Å². The Balaban J connectivity index is 0.00000145. The standard InChI is InChI=1S/C24H23F3N2O3S.CH3NO/c1-14-7-9-17(25)12-18(14)23(29-2)22-16(11-15-5-3-4-6-21(15)33-28)8-10-20(19(22)13-30)32-24(26,27)31;2-1-3/h3-10,12-13,23,29,31H,11,28H2,1-2H3;1H,(H2,2,3). The van der Waals surface area contributed by atoms with Crippen LogP contribution in [0.3, 0.4) is 0 Å². The van der Waals surface area contributed by atoms with Crippen molar-refractivity contribution >= 4 is 24.6 Å². The van der Waals surface area contributed by atoms with Gasteiger partial charge in [0.2, 0.25) is 6.41 Å². The van der Waals surface area contributed by atoms with E-state index in [9.17, 15) is 18.0 Å². The number of primary amides is 1. The van der Waals surface area contributed by atoms with E-state index in [0.29, 0.717) is 29.4 Å². The molecule has 0 aromatic heterocycles. The van der Waals surface area contributed by atoms with Gasteiger partial charge >= 0.3 is 6.29 Å². The SMILES string of the molecule is CNC(c1cc(F)ccc1C)c1c(Cc2ccccc2SN)ccc(OC(O)(F)F)c1C=O.NC=O. The van der Waals surface area contributed by atoms with Gasteiger partial charge in [0.15, 0.2) is 6.29 Å². The Morgan fingerprint density at radius 3 is 2.39 bits per heavy atom. The lowest BCUT2D eigenvalue weighted by Crippen LogP contribution is -2.26. The molecule has 0 fully saturated rings. The van der Waals surface area contributed by atoms with E-state index < -0.39 is 23.9 Å². The zero-order valence-corrected chi connectivity index (χ0v) is 20.3. The maximum Gasteiger partial charge on any atom is 0.532 e. The van der Waals surface area contributed by atoms with Gasteiger partial charge in [0.05, 0.1) is 11.6 Å². The number of carbonyl (C=O) groups is 2. The number of amides is 1. The van der Waals surface area contributed by atoms with Crippen molar-refractivity contribution in [2.45, 2.75) is 30.6 Å². The molecule has 7 nitrogen and oxygen atoms in total. The predicted molar refractivity (Wildman–Crippen MR) is 131 cm³/mol. The van der Waals surface area contributed by atoms with Crippen LogP contribution < -0.4 is 20.9 Å². The Hall–Kier alpha value is -3.38. The third-order valence-electron chi connectivity index (χ3n) is 5.30. The van der Waals surface area contributed by atoms with Gasteiger partial charge in [-0.25, -0.2) is 4.39 Å². The number of ether oxygens (including phenoxy) is 1. The fourth-order valence-electron chi connectivity index (χ4n) is 3.85. The van der Waals surface area contributed by atoms with Crippen molar-refractivity contribution in [2.24, 2.45) is 10.9 Å². The van der Waals surface area contributed by atoms with Crippen molar-refractivity contribution in [3.05, 3.63) is 93.8 Å². The number of aldehydes is 1.